The quantitative estimate of drug-likeness (QED) is 0.598. The van der Waals surface area contributed by atoms with E-state index in [-0.39, 0.29) is 36.3 Å². The first-order chi connectivity index (χ1) is 9.43. The summed E-state index contributed by atoms with van der Waals surface area (Å²) in [6.45, 7) is 6.39. The van der Waals surface area contributed by atoms with E-state index >= 15 is 0 Å². The summed E-state index contributed by atoms with van der Waals surface area (Å²) < 4.78 is 11.5. The molecule has 1 saturated heterocycles. The number of allylic oxidation sites excluding steroid dienone is 1. The first-order valence-electron chi connectivity index (χ1n) is 7.57. The molecule has 2 rings (SSSR count). The van der Waals surface area contributed by atoms with Crippen LogP contribution in [0.4, 0.5) is 0 Å². The SMILES string of the molecule is CO[C@H]1[C@H]([C@@]2(C)O[C@@H]2CC=C(C)C)[C@@H](CO)CC[C@H]1O. The van der Waals surface area contributed by atoms with E-state index in [0.29, 0.717) is 6.42 Å². The number of aliphatic hydroxyl groups excluding tert-OH is 2. The molecule has 4 heteroatoms. The summed E-state index contributed by atoms with van der Waals surface area (Å²) in [5.74, 6) is 0.196. The summed E-state index contributed by atoms with van der Waals surface area (Å²) in [7, 11) is 1.64. The molecule has 4 nitrogen and oxygen atoms in total. The minimum Gasteiger partial charge on any atom is -0.396 e. The van der Waals surface area contributed by atoms with Crippen LogP contribution in [0.5, 0.6) is 0 Å². The van der Waals surface area contributed by atoms with Crippen molar-refractivity contribution < 1.29 is 19.7 Å². The molecule has 0 amide bonds. The van der Waals surface area contributed by atoms with Gasteiger partial charge in [-0.25, -0.2) is 0 Å². The highest BCUT2D eigenvalue weighted by Crippen LogP contribution is 2.52. The smallest absolute Gasteiger partial charge is 0.0980 e. The number of epoxide rings is 1. The Morgan fingerprint density at radius 2 is 2.10 bits per heavy atom. The van der Waals surface area contributed by atoms with E-state index in [4.69, 9.17) is 9.47 Å². The van der Waals surface area contributed by atoms with Crippen LogP contribution in [0.2, 0.25) is 0 Å². The van der Waals surface area contributed by atoms with Crippen molar-refractivity contribution in [1.82, 2.24) is 0 Å². The van der Waals surface area contributed by atoms with Crippen molar-refractivity contribution in [3.05, 3.63) is 11.6 Å². The zero-order valence-corrected chi connectivity index (χ0v) is 13.0. The molecule has 1 saturated carbocycles. The van der Waals surface area contributed by atoms with E-state index in [0.717, 1.165) is 12.8 Å². The Morgan fingerprint density at radius 1 is 1.40 bits per heavy atom. The Hall–Kier alpha value is -0.420. The van der Waals surface area contributed by atoms with E-state index in [1.807, 2.05) is 0 Å². The Kier molecular flexibility index (Phi) is 4.90. The molecule has 2 aliphatic rings. The van der Waals surface area contributed by atoms with Gasteiger partial charge in [0.25, 0.3) is 0 Å². The number of methoxy groups -OCH3 is 1. The number of hydrogen-bond acceptors (Lipinski definition) is 4. The molecule has 0 spiro atoms. The summed E-state index contributed by atoms with van der Waals surface area (Å²) in [5, 5.41) is 19.8. The van der Waals surface area contributed by atoms with E-state index < -0.39 is 6.10 Å². The molecule has 0 aromatic rings. The molecule has 0 aromatic heterocycles. The third-order valence-electron chi connectivity index (χ3n) is 4.96. The Morgan fingerprint density at radius 3 is 2.65 bits per heavy atom. The van der Waals surface area contributed by atoms with Gasteiger partial charge in [0.1, 0.15) is 0 Å². The van der Waals surface area contributed by atoms with Crippen molar-refractivity contribution in [1.29, 1.82) is 0 Å². The molecule has 1 aliphatic heterocycles. The van der Waals surface area contributed by atoms with Crippen LogP contribution in [-0.4, -0.2) is 47.8 Å². The molecule has 116 valence electrons. The molecular weight excluding hydrogens is 256 g/mol. The van der Waals surface area contributed by atoms with Gasteiger partial charge in [0.05, 0.1) is 23.9 Å². The van der Waals surface area contributed by atoms with Gasteiger partial charge in [0.15, 0.2) is 0 Å². The van der Waals surface area contributed by atoms with E-state index in [1.165, 1.54) is 5.57 Å². The van der Waals surface area contributed by atoms with Gasteiger partial charge in [-0.15, -0.1) is 0 Å². The minimum absolute atomic E-state index is 0.0526. The highest BCUT2D eigenvalue weighted by Gasteiger charge is 2.62. The fraction of sp³-hybridized carbons (Fsp3) is 0.875. The van der Waals surface area contributed by atoms with Gasteiger partial charge in [-0.3, -0.25) is 0 Å². The predicted octanol–water partition coefficient (Wildman–Crippen LogP) is 1.89. The second kappa shape index (κ2) is 6.14. The van der Waals surface area contributed by atoms with Crippen LogP contribution in [-0.2, 0) is 9.47 Å². The molecule has 0 radical (unpaired) electrons. The van der Waals surface area contributed by atoms with E-state index in [9.17, 15) is 10.2 Å². The first kappa shape index (κ1) is 16.0. The van der Waals surface area contributed by atoms with Crippen LogP contribution in [0.25, 0.3) is 0 Å². The third-order valence-corrected chi connectivity index (χ3v) is 4.96. The molecule has 1 aliphatic carbocycles. The highest BCUT2D eigenvalue weighted by molar-refractivity contribution is 5.13. The van der Waals surface area contributed by atoms with Crippen molar-refractivity contribution in [2.24, 2.45) is 11.8 Å². The van der Waals surface area contributed by atoms with E-state index in [1.54, 1.807) is 7.11 Å². The van der Waals surface area contributed by atoms with Crippen molar-refractivity contribution in [2.45, 2.75) is 63.9 Å². The lowest BCUT2D eigenvalue weighted by atomic mass is 9.68. The summed E-state index contributed by atoms with van der Waals surface area (Å²) >= 11 is 0. The van der Waals surface area contributed by atoms with Crippen molar-refractivity contribution in [2.75, 3.05) is 13.7 Å². The normalized spacial score (nSPS) is 44.2. The molecule has 0 unspecified atom stereocenters. The average molecular weight is 284 g/mol. The molecule has 6 atom stereocenters. The molecular formula is C16H28O4. The van der Waals surface area contributed by atoms with Crippen LogP contribution in [0.3, 0.4) is 0 Å². The zero-order chi connectivity index (χ0) is 14.9. The lowest BCUT2D eigenvalue weighted by Crippen LogP contribution is -2.51. The first-order valence-corrected chi connectivity index (χ1v) is 7.57. The van der Waals surface area contributed by atoms with Crippen molar-refractivity contribution in [3.8, 4) is 0 Å². The van der Waals surface area contributed by atoms with Gasteiger partial charge in [0, 0.05) is 19.6 Å². The summed E-state index contributed by atoms with van der Waals surface area (Å²) in [4.78, 5) is 0. The van der Waals surface area contributed by atoms with Gasteiger partial charge in [-0.1, -0.05) is 11.6 Å². The summed E-state index contributed by atoms with van der Waals surface area (Å²) in [6.07, 6.45) is 4.05. The van der Waals surface area contributed by atoms with E-state index in [2.05, 4.69) is 26.8 Å². The van der Waals surface area contributed by atoms with Gasteiger partial charge in [-0.2, -0.15) is 0 Å². The predicted molar refractivity (Wildman–Crippen MR) is 77.4 cm³/mol. The molecule has 0 aromatic carbocycles. The van der Waals surface area contributed by atoms with Crippen LogP contribution in [0, 0.1) is 11.8 Å². The van der Waals surface area contributed by atoms with Gasteiger partial charge in [0.2, 0.25) is 0 Å². The maximum absolute atomic E-state index is 10.2. The fourth-order valence-electron chi connectivity index (χ4n) is 3.73. The second-order valence-electron chi connectivity index (χ2n) is 6.62. The number of aliphatic hydroxyl groups is 2. The van der Waals surface area contributed by atoms with Crippen LogP contribution in [0.1, 0.15) is 40.0 Å². The molecule has 20 heavy (non-hydrogen) atoms. The standard InChI is InChI=1S/C16H28O4/c1-10(2)5-8-13-16(3,20-13)14-11(9-17)6-7-12(18)15(14)19-4/h5,11-15,17-18H,6-9H2,1-4H3/t11-,12-,13-,14-,15-,16+/m1/s1. The summed E-state index contributed by atoms with van der Waals surface area (Å²) in [6, 6.07) is 0. The Labute approximate surface area is 121 Å². The number of hydrogen-bond donors (Lipinski definition) is 2. The van der Waals surface area contributed by atoms with Gasteiger partial charge in [-0.05, 0) is 46.0 Å². The van der Waals surface area contributed by atoms with Crippen molar-refractivity contribution >= 4 is 0 Å². The minimum atomic E-state index is -0.460. The number of rotatable bonds is 5. The molecule has 1 heterocycles. The molecule has 2 N–H and O–H groups in total. The van der Waals surface area contributed by atoms with Gasteiger partial charge >= 0.3 is 0 Å². The highest BCUT2D eigenvalue weighted by atomic mass is 16.6. The second-order valence-corrected chi connectivity index (χ2v) is 6.62. The zero-order valence-electron chi connectivity index (χ0n) is 13.0. The Balaban J connectivity index is 2.12. The maximum atomic E-state index is 10.2. The molecule has 0 bridgehead atoms. The third kappa shape index (κ3) is 2.93. The lowest BCUT2D eigenvalue weighted by molar-refractivity contribution is -0.116. The van der Waals surface area contributed by atoms with Crippen LogP contribution in [0.15, 0.2) is 11.6 Å². The van der Waals surface area contributed by atoms with Crippen LogP contribution < -0.4 is 0 Å². The monoisotopic (exact) mass is 284 g/mol. The van der Waals surface area contributed by atoms with Crippen LogP contribution >= 0.6 is 0 Å². The maximum Gasteiger partial charge on any atom is 0.0980 e. The van der Waals surface area contributed by atoms with Crippen molar-refractivity contribution in [3.63, 3.8) is 0 Å². The fourth-order valence-corrected chi connectivity index (χ4v) is 3.73. The largest absolute Gasteiger partial charge is 0.396 e. The topological polar surface area (TPSA) is 62.2 Å². The Bertz CT molecular complexity index is 363. The van der Waals surface area contributed by atoms with Gasteiger partial charge < -0.3 is 19.7 Å². The summed E-state index contributed by atoms with van der Waals surface area (Å²) in [5.41, 5.74) is 0.995. The number of ether oxygens (including phenoxy) is 2. The average Bonchev–Trinajstić information content (AvgIpc) is 3.08. The molecule has 2 fully saturated rings. The lowest BCUT2D eigenvalue weighted by Gasteiger charge is -2.42.